The Balaban J connectivity index is 1.91. The highest BCUT2D eigenvalue weighted by Crippen LogP contribution is 2.44. The van der Waals surface area contributed by atoms with Crippen LogP contribution in [0.1, 0.15) is 24.0 Å². The Hall–Kier alpha value is -1.82. The number of rotatable bonds is 3. The Labute approximate surface area is 95.1 Å². The maximum atomic E-state index is 11.7. The smallest absolute Gasteiger partial charge is 0.240 e. The first-order chi connectivity index (χ1) is 7.66. The SMILES string of the molecule is Cc1ccc(CNC(=O)C2(C#N)CC2)cc1. The quantitative estimate of drug-likeness (QED) is 0.835. The number of aryl methyl sites for hydroxylation is 1. The number of nitriles is 1. The van der Waals surface area contributed by atoms with Crippen molar-refractivity contribution in [3.05, 3.63) is 35.4 Å². The monoisotopic (exact) mass is 214 g/mol. The van der Waals surface area contributed by atoms with Gasteiger partial charge in [-0.2, -0.15) is 5.26 Å². The van der Waals surface area contributed by atoms with Crippen molar-refractivity contribution in [2.45, 2.75) is 26.3 Å². The first-order valence-electron chi connectivity index (χ1n) is 5.41. The molecule has 0 atom stereocenters. The number of amides is 1. The zero-order valence-corrected chi connectivity index (χ0v) is 9.29. The normalized spacial score (nSPS) is 16.2. The number of nitrogens with one attached hydrogen (secondary N) is 1. The molecule has 3 heteroatoms. The highest BCUT2D eigenvalue weighted by molar-refractivity contribution is 5.88. The van der Waals surface area contributed by atoms with Crippen LogP contribution < -0.4 is 5.32 Å². The van der Waals surface area contributed by atoms with E-state index in [2.05, 4.69) is 11.4 Å². The zero-order chi connectivity index (χ0) is 11.6. The second-order valence-corrected chi connectivity index (χ2v) is 4.36. The van der Waals surface area contributed by atoms with Gasteiger partial charge < -0.3 is 5.32 Å². The van der Waals surface area contributed by atoms with Gasteiger partial charge >= 0.3 is 0 Å². The number of nitrogens with zero attached hydrogens (tertiary/aromatic N) is 1. The second kappa shape index (κ2) is 3.97. The number of carbonyl (C=O) groups excluding carboxylic acids is 1. The van der Waals surface area contributed by atoms with Gasteiger partial charge in [0, 0.05) is 6.54 Å². The summed E-state index contributed by atoms with van der Waals surface area (Å²) >= 11 is 0. The lowest BCUT2D eigenvalue weighted by atomic mass is 10.1. The van der Waals surface area contributed by atoms with Crippen LogP contribution in [0.3, 0.4) is 0 Å². The van der Waals surface area contributed by atoms with Crippen LogP contribution in [0.15, 0.2) is 24.3 Å². The number of hydrogen-bond acceptors (Lipinski definition) is 2. The molecular weight excluding hydrogens is 200 g/mol. The molecule has 82 valence electrons. The average molecular weight is 214 g/mol. The van der Waals surface area contributed by atoms with Gasteiger partial charge in [0.25, 0.3) is 0 Å². The molecule has 1 aliphatic rings. The van der Waals surface area contributed by atoms with Crippen molar-refractivity contribution in [1.82, 2.24) is 5.32 Å². The Kier molecular flexibility index (Phi) is 2.66. The minimum Gasteiger partial charge on any atom is -0.351 e. The molecule has 1 amide bonds. The lowest BCUT2D eigenvalue weighted by Crippen LogP contribution is -2.30. The van der Waals surface area contributed by atoms with Crippen molar-refractivity contribution in [3.8, 4) is 6.07 Å². The molecule has 1 fully saturated rings. The van der Waals surface area contributed by atoms with Crippen molar-refractivity contribution >= 4 is 5.91 Å². The third-order valence-corrected chi connectivity index (χ3v) is 2.97. The summed E-state index contributed by atoms with van der Waals surface area (Å²) in [5.41, 5.74) is 1.54. The molecule has 2 rings (SSSR count). The van der Waals surface area contributed by atoms with Gasteiger partial charge in [-0.1, -0.05) is 29.8 Å². The third-order valence-electron chi connectivity index (χ3n) is 2.97. The van der Waals surface area contributed by atoms with Crippen LogP contribution >= 0.6 is 0 Å². The summed E-state index contributed by atoms with van der Waals surface area (Å²) in [4.78, 5) is 11.7. The molecular formula is C13H14N2O. The highest BCUT2D eigenvalue weighted by atomic mass is 16.2. The lowest BCUT2D eigenvalue weighted by molar-refractivity contribution is -0.124. The van der Waals surface area contributed by atoms with Crippen LogP contribution in [0.25, 0.3) is 0 Å². The van der Waals surface area contributed by atoms with Crippen LogP contribution in [0.4, 0.5) is 0 Å². The largest absolute Gasteiger partial charge is 0.351 e. The van der Waals surface area contributed by atoms with Crippen LogP contribution in [0.5, 0.6) is 0 Å². The molecule has 0 aromatic heterocycles. The molecule has 1 aliphatic carbocycles. The molecule has 1 N–H and O–H groups in total. The fraction of sp³-hybridized carbons (Fsp3) is 0.385. The van der Waals surface area contributed by atoms with Gasteiger partial charge in [0.1, 0.15) is 5.41 Å². The standard InChI is InChI=1S/C13H14N2O/c1-10-2-4-11(5-3-10)8-15-12(16)13(9-14)6-7-13/h2-5H,6-8H2,1H3,(H,15,16). The van der Waals surface area contributed by atoms with Gasteiger partial charge in [-0.05, 0) is 25.3 Å². The number of hydrogen-bond donors (Lipinski definition) is 1. The van der Waals surface area contributed by atoms with Crippen molar-refractivity contribution in [2.75, 3.05) is 0 Å². The van der Waals surface area contributed by atoms with Gasteiger partial charge in [0.2, 0.25) is 5.91 Å². The molecule has 0 unspecified atom stereocenters. The fourth-order valence-corrected chi connectivity index (χ4v) is 1.57. The first-order valence-corrected chi connectivity index (χ1v) is 5.41. The van der Waals surface area contributed by atoms with Crippen LogP contribution in [-0.4, -0.2) is 5.91 Å². The maximum Gasteiger partial charge on any atom is 0.240 e. The Bertz CT molecular complexity index is 438. The average Bonchev–Trinajstić information content (AvgIpc) is 3.09. The van der Waals surface area contributed by atoms with Crippen LogP contribution in [0.2, 0.25) is 0 Å². The molecule has 0 heterocycles. The molecule has 0 saturated heterocycles. The summed E-state index contributed by atoms with van der Waals surface area (Å²) in [7, 11) is 0. The van der Waals surface area contributed by atoms with E-state index in [9.17, 15) is 4.79 Å². The predicted octanol–water partition coefficient (Wildman–Crippen LogP) is 1.92. The summed E-state index contributed by atoms with van der Waals surface area (Å²) in [5, 5.41) is 11.7. The van der Waals surface area contributed by atoms with E-state index in [1.54, 1.807) is 0 Å². The van der Waals surface area contributed by atoms with Gasteiger partial charge in [-0.15, -0.1) is 0 Å². The Morgan fingerprint density at radius 3 is 2.56 bits per heavy atom. The first kappa shape index (κ1) is 10.7. The summed E-state index contributed by atoms with van der Waals surface area (Å²) in [6.07, 6.45) is 1.40. The zero-order valence-electron chi connectivity index (χ0n) is 9.29. The maximum absolute atomic E-state index is 11.7. The Morgan fingerprint density at radius 1 is 1.44 bits per heavy atom. The van der Waals surface area contributed by atoms with Crippen molar-refractivity contribution in [3.63, 3.8) is 0 Å². The lowest BCUT2D eigenvalue weighted by Gasteiger charge is -2.08. The van der Waals surface area contributed by atoms with E-state index >= 15 is 0 Å². The van der Waals surface area contributed by atoms with E-state index in [1.165, 1.54) is 5.56 Å². The molecule has 1 aromatic carbocycles. The molecule has 0 radical (unpaired) electrons. The highest BCUT2D eigenvalue weighted by Gasteiger charge is 2.50. The third kappa shape index (κ3) is 2.06. The second-order valence-electron chi connectivity index (χ2n) is 4.36. The minimum absolute atomic E-state index is 0.129. The predicted molar refractivity (Wildman–Crippen MR) is 60.3 cm³/mol. The molecule has 3 nitrogen and oxygen atoms in total. The van der Waals surface area contributed by atoms with E-state index in [0.29, 0.717) is 19.4 Å². The molecule has 0 bridgehead atoms. The van der Waals surface area contributed by atoms with Gasteiger partial charge in [0.15, 0.2) is 0 Å². The molecule has 0 aliphatic heterocycles. The van der Waals surface area contributed by atoms with Crippen LogP contribution in [-0.2, 0) is 11.3 Å². The summed E-state index contributed by atoms with van der Waals surface area (Å²) < 4.78 is 0. The van der Waals surface area contributed by atoms with E-state index in [-0.39, 0.29) is 5.91 Å². The molecule has 0 spiro atoms. The van der Waals surface area contributed by atoms with Gasteiger partial charge in [-0.3, -0.25) is 4.79 Å². The Morgan fingerprint density at radius 2 is 2.06 bits per heavy atom. The van der Waals surface area contributed by atoms with Gasteiger partial charge in [0.05, 0.1) is 6.07 Å². The van der Waals surface area contributed by atoms with E-state index in [1.807, 2.05) is 31.2 Å². The fourth-order valence-electron chi connectivity index (χ4n) is 1.57. The van der Waals surface area contributed by atoms with Crippen molar-refractivity contribution < 1.29 is 4.79 Å². The summed E-state index contributed by atoms with van der Waals surface area (Å²) in [6.45, 7) is 2.53. The van der Waals surface area contributed by atoms with Crippen LogP contribution in [0, 0.1) is 23.7 Å². The van der Waals surface area contributed by atoms with E-state index in [4.69, 9.17) is 5.26 Å². The number of benzene rings is 1. The van der Waals surface area contributed by atoms with Gasteiger partial charge in [-0.25, -0.2) is 0 Å². The molecule has 16 heavy (non-hydrogen) atoms. The van der Waals surface area contributed by atoms with Crippen molar-refractivity contribution in [2.24, 2.45) is 5.41 Å². The molecule has 1 aromatic rings. The van der Waals surface area contributed by atoms with E-state index < -0.39 is 5.41 Å². The molecule has 1 saturated carbocycles. The topological polar surface area (TPSA) is 52.9 Å². The van der Waals surface area contributed by atoms with E-state index in [0.717, 1.165) is 5.56 Å². The summed E-state index contributed by atoms with van der Waals surface area (Å²) in [5.74, 6) is -0.129. The minimum atomic E-state index is -0.718. The van der Waals surface area contributed by atoms with Crippen molar-refractivity contribution in [1.29, 1.82) is 5.26 Å². The summed E-state index contributed by atoms with van der Waals surface area (Å²) in [6, 6.07) is 10.1. The number of carbonyl (C=O) groups is 1.